The predicted octanol–water partition coefficient (Wildman–Crippen LogP) is 1.98. The second-order valence-corrected chi connectivity index (χ2v) is 4.82. The molecule has 6 nitrogen and oxygen atoms in total. The zero-order chi connectivity index (χ0) is 14.7. The highest BCUT2D eigenvalue weighted by molar-refractivity contribution is 6.29. The number of nitrogens with zero attached hydrogens (tertiary/aromatic N) is 3. The molecule has 0 saturated heterocycles. The molecule has 3 rings (SSSR count). The highest BCUT2D eigenvalue weighted by atomic mass is 35.5. The lowest BCUT2D eigenvalue weighted by molar-refractivity contribution is 0.0948. The van der Waals surface area contributed by atoms with Gasteiger partial charge in [0.25, 0.3) is 5.91 Å². The Bertz CT molecular complexity index is 735. The lowest BCUT2D eigenvalue weighted by Gasteiger charge is -2.02. The summed E-state index contributed by atoms with van der Waals surface area (Å²) in [5.41, 5.74) is 2.15. The Labute approximate surface area is 125 Å². The minimum absolute atomic E-state index is 0.240. The number of aromatic nitrogens is 4. The maximum Gasteiger partial charge on any atom is 0.271 e. The van der Waals surface area contributed by atoms with Gasteiger partial charge in [-0.15, -0.1) is 0 Å². The summed E-state index contributed by atoms with van der Waals surface area (Å²) in [5.74, 6) is 0.550. The number of hydrogen-bond acceptors (Lipinski definition) is 4. The molecule has 21 heavy (non-hydrogen) atoms. The summed E-state index contributed by atoms with van der Waals surface area (Å²) in [6.45, 7) is 0.461. The van der Waals surface area contributed by atoms with Crippen LogP contribution < -0.4 is 5.32 Å². The fourth-order valence-electron chi connectivity index (χ4n) is 1.94. The van der Waals surface area contributed by atoms with Gasteiger partial charge in [-0.2, -0.15) is 0 Å². The molecule has 0 aliphatic rings. The molecule has 7 heteroatoms. The third-order valence-electron chi connectivity index (χ3n) is 2.94. The van der Waals surface area contributed by atoms with Crippen LogP contribution in [0.15, 0.2) is 36.7 Å². The second kappa shape index (κ2) is 5.88. The van der Waals surface area contributed by atoms with Crippen molar-refractivity contribution in [1.29, 1.82) is 0 Å². The summed E-state index contributed by atoms with van der Waals surface area (Å²) >= 11 is 5.62. The van der Waals surface area contributed by atoms with Crippen molar-refractivity contribution in [3.63, 3.8) is 0 Å². The molecule has 0 atom stereocenters. The van der Waals surface area contributed by atoms with Crippen molar-refractivity contribution in [2.24, 2.45) is 0 Å². The van der Waals surface area contributed by atoms with E-state index >= 15 is 0 Å². The Morgan fingerprint density at radius 1 is 1.24 bits per heavy atom. The van der Waals surface area contributed by atoms with Gasteiger partial charge in [0.1, 0.15) is 16.7 Å². The quantitative estimate of drug-likeness (QED) is 0.772. The van der Waals surface area contributed by atoms with Gasteiger partial charge in [0.05, 0.1) is 23.4 Å². The predicted molar refractivity (Wildman–Crippen MR) is 79.2 cm³/mol. The molecule has 106 valence electrons. The van der Waals surface area contributed by atoms with E-state index < -0.39 is 0 Å². The molecule has 1 amide bonds. The fourth-order valence-corrected chi connectivity index (χ4v) is 2.04. The Morgan fingerprint density at radius 3 is 2.86 bits per heavy atom. The van der Waals surface area contributed by atoms with E-state index in [2.05, 4.69) is 25.3 Å². The van der Waals surface area contributed by atoms with Gasteiger partial charge < -0.3 is 10.3 Å². The zero-order valence-electron chi connectivity index (χ0n) is 11.0. The van der Waals surface area contributed by atoms with Crippen LogP contribution in [0.3, 0.4) is 0 Å². The summed E-state index contributed by atoms with van der Waals surface area (Å²) in [6.07, 6.45) is 3.30. The largest absolute Gasteiger partial charge is 0.350 e. The molecule has 0 unspecified atom stereocenters. The van der Waals surface area contributed by atoms with Crippen LogP contribution in [-0.2, 0) is 6.42 Å². The van der Waals surface area contributed by atoms with Gasteiger partial charge in [0, 0.05) is 13.0 Å². The van der Waals surface area contributed by atoms with Crippen LogP contribution in [0.4, 0.5) is 0 Å². The monoisotopic (exact) mass is 301 g/mol. The number of fused-ring (bicyclic) bond motifs is 1. The van der Waals surface area contributed by atoms with E-state index in [0.29, 0.717) is 13.0 Å². The molecule has 0 radical (unpaired) electrons. The summed E-state index contributed by atoms with van der Waals surface area (Å²) in [6, 6.07) is 7.80. The van der Waals surface area contributed by atoms with E-state index in [1.54, 1.807) is 0 Å². The van der Waals surface area contributed by atoms with Crippen LogP contribution in [0.2, 0.25) is 5.15 Å². The molecule has 0 aliphatic heterocycles. The lowest BCUT2D eigenvalue weighted by Crippen LogP contribution is -2.26. The Kier molecular flexibility index (Phi) is 3.79. The highest BCUT2D eigenvalue weighted by Crippen LogP contribution is 2.10. The van der Waals surface area contributed by atoms with Crippen LogP contribution in [0.5, 0.6) is 0 Å². The first-order valence-corrected chi connectivity index (χ1v) is 6.79. The summed E-state index contributed by atoms with van der Waals surface area (Å²) in [4.78, 5) is 27.2. The van der Waals surface area contributed by atoms with E-state index in [0.717, 1.165) is 16.9 Å². The van der Waals surface area contributed by atoms with Gasteiger partial charge in [-0.05, 0) is 12.1 Å². The summed E-state index contributed by atoms with van der Waals surface area (Å²) in [7, 11) is 0. The van der Waals surface area contributed by atoms with Crippen molar-refractivity contribution in [2.75, 3.05) is 6.54 Å². The number of amides is 1. The SMILES string of the molecule is O=C(NCCc1nc2ccccc2[nH]1)c1cnc(Cl)cn1. The summed E-state index contributed by atoms with van der Waals surface area (Å²) < 4.78 is 0. The van der Waals surface area contributed by atoms with Crippen LogP contribution in [0, 0.1) is 0 Å². The van der Waals surface area contributed by atoms with E-state index in [4.69, 9.17) is 11.6 Å². The summed E-state index contributed by atoms with van der Waals surface area (Å²) in [5, 5.41) is 3.02. The third kappa shape index (κ3) is 3.17. The van der Waals surface area contributed by atoms with E-state index in [-0.39, 0.29) is 16.8 Å². The molecule has 1 aromatic carbocycles. The third-order valence-corrected chi connectivity index (χ3v) is 3.13. The second-order valence-electron chi connectivity index (χ2n) is 4.43. The highest BCUT2D eigenvalue weighted by Gasteiger charge is 2.08. The van der Waals surface area contributed by atoms with Gasteiger partial charge >= 0.3 is 0 Å². The number of H-pyrrole nitrogens is 1. The number of benzene rings is 1. The molecular formula is C14H12ClN5O. The Hall–Kier alpha value is -2.47. The van der Waals surface area contributed by atoms with Gasteiger partial charge in [0.2, 0.25) is 0 Å². The smallest absolute Gasteiger partial charge is 0.271 e. The van der Waals surface area contributed by atoms with Crippen LogP contribution in [0.25, 0.3) is 11.0 Å². The first-order chi connectivity index (χ1) is 10.2. The fraction of sp³-hybridized carbons (Fsp3) is 0.143. The number of para-hydroxylation sites is 2. The van der Waals surface area contributed by atoms with Crippen molar-refractivity contribution in [1.82, 2.24) is 25.3 Å². The Morgan fingerprint density at radius 2 is 2.10 bits per heavy atom. The molecule has 2 heterocycles. The molecule has 0 spiro atoms. The van der Waals surface area contributed by atoms with Crippen LogP contribution in [0.1, 0.15) is 16.3 Å². The van der Waals surface area contributed by atoms with Gasteiger partial charge in [0.15, 0.2) is 0 Å². The minimum atomic E-state index is -0.282. The van der Waals surface area contributed by atoms with E-state index in [1.807, 2.05) is 24.3 Å². The topological polar surface area (TPSA) is 83.6 Å². The molecule has 0 saturated carbocycles. The van der Waals surface area contributed by atoms with Gasteiger partial charge in [-0.3, -0.25) is 4.79 Å². The normalized spacial score (nSPS) is 10.7. The molecule has 0 bridgehead atoms. The number of halogens is 1. The van der Waals surface area contributed by atoms with Crippen molar-refractivity contribution in [2.45, 2.75) is 6.42 Å². The van der Waals surface area contributed by atoms with Crippen molar-refractivity contribution < 1.29 is 4.79 Å². The van der Waals surface area contributed by atoms with Gasteiger partial charge in [-0.25, -0.2) is 15.0 Å². The molecule has 3 aromatic rings. The lowest BCUT2D eigenvalue weighted by atomic mass is 10.3. The van der Waals surface area contributed by atoms with Crippen LogP contribution >= 0.6 is 11.6 Å². The Balaban J connectivity index is 1.58. The average molecular weight is 302 g/mol. The molecular weight excluding hydrogens is 290 g/mol. The van der Waals surface area contributed by atoms with Crippen LogP contribution in [-0.4, -0.2) is 32.4 Å². The molecule has 0 fully saturated rings. The number of rotatable bonds is 4. The average Bonchev–Trinajstić information content (AvgIpc) is 2.90. The number of imidazole rings is 1. The maximum absolute atomic E-state index is 11.8. The van der Waals surface area contributed by atoms with Crippen molar-refractivity contribution >= 4 is 28.5 Å². The number of carbonyl (C=O) groups is 1. The number of carbonyl (C=O) groups excluding carboxylic acids is 1. The maximum atomic E-state index is 11.8. The first-order valence-electron chi connectivity index (χ1n) is 6.42. The zero-order valence-corrected chi connectivity index (χ0v) is 11.8. The van der Waals surface area contributed by atoms with Crippen molar-refractivity contribution in [3.8, 4) is 0 Å². The standard InChI is InChI=1S/C14H12ClN5O/c15-12-8-17-11(7-18-12)14(21)16-6-5-13-19-9-3-1-2-4-10(9)20-13/h1-4,7-8H,5-6H2,(H,16,21)(H,19,20). The van der Waals surface area contributed by atoms with Gasteiger partial charge in [-0.1, -0.05) is 23.7 Å². The number of aromatic amines is 1. The molecule has 0 aliphatic carbocycles. The molecule has 2 N–H and O–H groups in total. The minimum Gasteiger partial charge on any atom is -0.350 e. The molecule has 2 aromatic heterocycles. The van der Waals surface area contributed by atoms with E-state index in [9.17, 15) is 4.79 Å². The number of nitrogens with one attached hydrogen (secondary N) is 2. The number of hydrogen-bond donors (Lipinski definition) is 2. The first kappa shape index (κ1) is 13.5. The van der Waals surface area contributed by atoms with Crippen molar-refractivity contribution in [3.05, 3.63) is 53.3 Å². The van der Waals surface area contributed by atoms with E-state index in [1.165, 1.54) is 12.4 Å².